The summed E-state index contributed by atoms with van der Waals surface area (Å²) in [6.07, 6.45) is 9.16. The highest BCUT2D eigenvalue weighted by atomic mass is 32.1. The van der Waals surface area contributed by atoms with E-state index in [2.05, 4.69) is 62.5 Å². The van der Waals surface area contributed by atoms with Crippen molar-refractivity contribution in [2.24, 2.45) is 5.92 Å². The molecular weight excluding hydrogens is 786 g/mol. The first kappa shape index (κ1) is 37.9. The third-order valence-electron chi connectivity index (χ3n) is 12.3. The van der Waals surface area contributed by atoms with Crippen LogP contribution in [0.1, 0.15) is 85.3 Å². The number of hydrogen-bond donors (Lipinski definition) is 4. The quantitative estimate of drug-likeness (QED) is 0.106. The molecule has 4 aliphatic rings. The highest BCUT2D eigenvalue weighted by Crippen LogP contribution is 2.50. The minimum absolute atomic E-state index is 0.152. The van der Waals surface area contributed by atoms with Gasteiger partial charge in [0.15, 0.2) is 0 Å². The normalized spacial score (nSPS) is 21.4. The van der Waals surface area contributed by atoms with E-state index in [1.807, 2.05) is 32.3 Å². The predicted molar refractivity (Wildman–Crippen MR) is 226 cm³/mol. The van der Waals surface area contributed by atoms with Gasteiger partial charge in [-0.1, -0.05) is 33.0 Å². The zero-order valence-electron chi connectivity index (χ0n) is 33.8. The second kappa shape index (κ2) is 14.4. The minimum Gasteiger partial charge on any atom is -0.464 e. The maximum absolute atomic E-state index is 16.7. The Hall–Kier alpha value is -5.32. The number of rotatable bonds is 9. The number of likely N-dealkylation sites (tertiary alicyclic amines) is 1. The molecule has 0 radical (unpaired) electrons. The summed E-state index contributed by atoms with van der Waals surface area (Å²) in [6.45, 7) is 9.12. The fraction of sp³-hybridized carbons (Fsp3) is 0.419. The first-order valence-electron chi connectivity index (χ1n) is 20.5. The molecule has 6 aromatic rings. The predicted octanol–water partition coefficient (Wildman–Crippen LogP) is 8.44. The van der Waals surface area contributed by atoms with Gasteiger partial charge in [0.2, 0.25) is 12.1 Å². The van der Waals surface area contributed by atoms with Gasteiger partial charge in [0, 0.05) is 35.2 Å². The van der Waals surface area contributed by atoms with E-state index in [0.717, 1.165) is 75.0 Å². The fourth-order valence-corrected chi connectivity index (χ4v) is 12.5. The highest BCUT2D eigenvalue weighted by Gasteiger charge is 2.39. The molecule has 16 heteroatoms. The molecule has 2 aromatic carbocycles. The molecule has 59 heavy (non-hydrogen) atoms. The van der Waals surface area contributed by atoms with Crippen LogP contribution in [0.5, 0.6) is 5.75 Å². The molecular formula is C43H48FN9O4SSi. The number of fused-ring (bicyclic) bond motifs is 5. The van der Waals surface area contributed by atoms with Gasteiger partial charge in [-0.2, -0.15) is 0 Å². The lowest BCUT2D eigenvalue weighted by molar-refractivity contribution is -0.135. The van der Waals surface area contributed by atoms with Crippen LogP contribution in [0.4, 0.5) is 9.18 Å². The van der Waals surface area contributed by atoms with Gasteiger partial charge in [-0.15, -0.1) is 11.3 Å². The van der Waals surface area contributed by atoms with Crippen LogP contribution < -0.4 is 15.4 Å². The number of hydrogen-bond acceptors (Lipinski definition) is 9. The van der Waals surface area contributed by atoms with Crippen molar-refractivity contribution in [1.29, 1.82) is 0 Å². The lowest BCUT2D eigenvalue weighted by Gasteiger charge is -2.30. The van der Waals surface area contributed by atoms with Gasteiger partial charge in [0.1, 0.15) is 29.3 Å². The van der Waals surface area contributed by atoms with Crippen LogP contribution in [-0.2, 0) is 9.53 Å². The number of carbonyl (C=O) groups is 2. The number of aromatic nitrogens is 6. The molecule has 13 nitrogen and oxygen atoms in total. The molecule has 10 rings (SSSR count). The third kappa shape index (κ3) is 6.84. The summed E-state index contributed by atoms with van der Waals surface area (Å²) in [5, 5.41) is 8.43. The maximum atomic E-state index is 16.7. The van der Waals surface area contributed by atoms with E-state index < -0.39 is 32.3 Å². The average molecular weight is 834 g/mol. The van der Waals surface area contributed by atoms with Crippen molar-refractivity contribution in [3.63, 3.8) is 0 Å². The summed E-state index contributed by atoms with van der Waals surface area (Å²) < 4.78 is 30.5. The summed E-state index contributed by atoms with van der Waals surface area (Å²) in [6, 6.07) is 12.1. The lowest BCUT2D eigenvalue weighted by atomic mass is 10.0. The van der Waals surface area contributed by atoms with Gasteiger partial charge < -0.3 is 35.0 Å². The van der Waals surface area contributed by atoms with Gasteiger partial charge in [-0.3, -0.25) is 9.36 Å². The molecule has 2 saturated heterocycles. The first-order chi connectivity index (χ1) is 28.4. The Bertz CT molecular complexity index is 2610. The Morgan fingerprint density at radius 2 is 1.78 bits per heavy atom. The van der Waals surface area contributed by atoms with Crippen molar-refractivity contribution in [3.8, 4) is 39.5 Å². The van der Waals surface area contributed by atoms with E-state index in [4.69, 9.17) is 24.4 Å². The number of halogens is 1. The van der Waals surface area contributed by atoms with Crippen LogP contribution in [0.15, 0.2) is 55.0 Å². The van der Waals surface area contributed by atoms with Crippen LogP contribution in [0.2, 0.25) is 19.1 Å². The zero-order valence-corrected chi connectivity index (χ0v) is 35.6. The van der Waals surface area contributed by atoms with Gasteiger partial charge in [0.05, 0.1) is 77.7 Å². The molecule has 4 N–H and O–H groups in total. The number of thiazole rings is 1. The molecule has 3 aliphatic heterocycles. The highest BCUT2D eigenvalue weighted by molar-refractivity contribution is 7.11. The summed E-state index contributed by atoms with van der Waals surface area (Å²) in [7, 11) is 0.0139. The smallest absolute Gasteiger partial charge is 0.407 e. The second-order valence-corrected chi connectivity index (χ2v) is 23.7. The lowest BCUT2D eigenvalue weighted by Crippen LogP contribution is -2.51. The number of imidazole rings is 2. The number of nitrogens with one attached hydrogen (secondary N) is 4. The van der Waals surface area contributed by atoms with Crippen molar-refractivity contribution in [3.05, 3.63) is 82.3 Å². The number of amides is 2. The largest absolute Gasteiger partial charge is 0.464 e. The number of aromatic amines is 2. The summed E-state index contributed by atoms with van der Waals surface area (Å²) in [5.41, 5.74) is 5.19. The summed E-state index contributed by atoms with van der Waals surface area (Å²) in [4.78, 5) is 49.8. The van der Waals surface area contributed by atoms with E-state index in [0.29, 0.717) is 47.3 Å². The van der Waals surface area contributed by atoms with Gasteiger partial charge >= 0.3 is 6.09 Å². The Labute approximate surface area is 346 Å². The molecule has 3 fully saturated rings. The molecule has 306 valence electrons. The number of benzene rings is 2. The van der Waals surface area contributed by atoms with E-state index in [-0.39, 0.29) is 23.9 Å². The summed E-state index contributed by atoms with van der Waals surface area (Å²) >= 11 is 1.66. The fourth-order valence-electron chi connectivity index (χ4n) is 9.02. The van der Waals surface area contributed by atoms with Crippen molar-refractivity contribution < 1.29 is 23.5 Å². The standard InChI is InChI=1S/C43H48FN9O4SSi/c1-22(2)37(51-43(55)56-3)41(54)52-12-6-7-32(52)39-46-18-29(50-39)25-14-27(44)36-33-15-26-13-24(28-17-45-38(49-28)30-20-59(4,5)21-48-30)10-11-31(26)53(33)42(57-34(36)16-25)35-19-47-40(58-35)23-8-9-23/h10-11,13-19,22-23,30,32,37,42,48H,6-9,12,20-21H2,1-5H3,(H,45,49)(H,46,50)(H,51,55)/t30-,32-,37-,42-/m0/s1. The van der Waals surface area contributed by atoms with E-state index in [9.17, 15) is 9.59 Å². The molecule has 0 spiro atoms. The Morgan fingerprint density at radius 3 is 2.53 bits per heavy atom. The molecule has 7 heterocycles. The van der Waals surface area contributed by atoms with Crippen molar-refractivity contribution in [2.45, 2.75) is 88.9 Å². The Balaban J connectivity index is 0.992. The molecule has 4 aromatic heterocycles. The van der Waals surface area contributed by atoms with Crippen LogP contribution in [-0.4, -0.2) is 80.3 Å². The summed E-state index contributed by atoms with van der Waals surface area (Å²) in [5.74, 6) is 1.73. The maximum Gasteiger partial charge on any atom is 0.407 e. The second-order valence-electron chi connectivity index (χ2n) is 17.6. The molecule has 2 amide bonds. The van der Waals surface area contributed by atoms with Crippen LogP contribution in [0.3, 0.4) is 0 Å². The molecule has 0 bridgehead atoms. The molecule has 0 unspecified atom stereocenters. The molecule has 1 saturated carbocycles. The van der Waals surface area contributed by atoms with Crippen molar-refractivity contribution in [2.75, 3.05) is 19.8 Å². The van der Waals surface area contributed by atoms with Gasteiger partial charge in [0.25, 0.3) is 0 Å². The van der Waals surface area contributed by atoms with Crippen LogP contribution >= 0.6 is 11.3 Å². The number of nitrogens with zero attached hydrogens (tertiary/aromatic N) is 5. The SMILES string of the molecule is COC(=O)N[C@H](C(=O)N1CCC[C@H]1c1ncc(-c2cc(F)c3c(c2)O[C@@H](c2cnc(C4CC4)s2)n2c-3cc3cc(-c4cnc([C@@H]5C[Si](C)(C)CN5)[nH]4)ccc32)[nH]1)C(C)C. The van der Waals surface area contributed by atoms with Crippen LogP contribution in [0.25, 0.3) is 44.7 Å². The Kier molecular flexibility index (Phi) is 9.28. The van der Waals surface area contributed by atoms with Crippen LogP contribution in [0, 0.1) is 11.7 Å². The number of ether oxygens (including phenoxy) is 2. The number of alkyl carbamates (subject to hydrolysis) is 1. The van der Waals surface area contributed by atoms with Gasteiger partial charge in [-0.25, -0.2) is 24.1 Å². The monoisotopic (exact) mass is 833 g/mol. The van der Waals surface area contributed by atoms with Crippen molar-refractivity contribution >= 4 is 42.3 Å². The average Bonchev–Trinajstić information content (AvgIpc) is 3.90. The number of carbonyl (C=O) groups excluding carboxylic acids is 2. The zero-order chi connectivity index (χ0) is 40.7. The Morgan fingerprint density at radius 1 is 1.00 bits per heavy atom. The van der Waals surface area contributed by atoms with E-state index >= 15 is 4.39 Å². The van der Waals surface area contributed by atoms with Crippen molar-refractivity contribution in [1.82, 2.24) is 45.0 Å². The van der Waals surface area contributed by atoms with E-state index in [1.54, 1.807) is 22.4 Å². The molecule has 4 atom stereocenters. The minimum atomic E-state index is -1.27. The van der Waals surface area contributed by atoms with E-state index in [1.165, 1.54) is 13.2 Å². The number of H-pyrrole nitrogens is 2. The first-order valence-corrected chi connectivity index (χ1v) is 24.8. The third-order valence-corrected chi connectivity index (χ3v) is 16.2. The molecule has 1 aliphatic carbocycles. The number of methoxy groups -OCH3 is 1. The topological polar surface area (TPSA) is 155 Å². The van der Waals surface area contributed by atoms with Gasteiger partial charge in [-0.05, 0) is 74.1 Å².